The molecule has 2 aromatic carbocycles. The van der Waals surface area contributed by atoms with E-state index in [4.69, 9.17) is 4.74 Å². The molecule has 1 heterocycles. The lowest BCUT2D eigenvalue weighted by molar-refractivity contribution is 0.0973. The highest BCUT2D eigenvalue weighted by Gasteiger charge is 2.19. The molecule has 0 spiro atoms. The third kappa shape index (κ3) is 4.21. The summed E-state index contributed by atoms with van der Waals surface area (Å²) in [5.41, 5.74) is 3.36. The van der Waals surface area contributed by atoms with Crippen LogP contribution in [0.15, 0.2) is 48.5 Å². The van der Waals surface area contributed by atoms with Crippen LogP contribution in [-0.4, -0.2) is 35.6 Å². The summed E-state index contributed by atoms with van der Waals surface area (Å²) in [6.07, 6.45) is -0.253. The Morgan fingerprint density at radius 2 is 1.96 bits per heavy atom. The first-order valence-corrected chi connectivity index (χ1v) is 9.17. The molecule has 0 amide bonds. The number of methoxy groups -OCH3 is 1. The first-order chi connectivity index (χ1) is 13.0. The van der Waals surface area contributed by atoms with E-state index < -0.39 is 6.10 Å². The third-order valence-corrected chi connectivity index (χ3v) is 4.91. The number of aromatic nitrogens is 1. The lowest BCUT2D eigenvalue weighted by atomic mass is 10.0. The van der Waals surface area contributed by atoms with Crippen LogP contribution in [0.2, 0.25) is 0 Å². The molecule has 0 aliphatic rings. The normalized spacial score (nSPS) is 13.5. The molecular formula is C22H26N2O3. The fraction of sp³-hybridized carbons (Fsp3) is 0.318. The minimum atomic E-state index is -0.611. The van der Waals surface area contributed by atoms with Crippen LogP contribution in [-0.2, 0) is 0 Å². The Kier molecular flexibility index (Phi) is 5.94. The number of aromatic amines is 1. The quantitative estimate of drug-likeness (QED) is 0.531. The molecule has 0 radical (unpaired) electrons. The predicted octanol–water partition coefficient (Wildman–Crippen LogP) is 3.77. The number of hydrogen-bond donors (Lipinski definition) is 3. The minimum Gasteiger partial charge on any atom is -0.497 e. The lowest BCUT2D eigenvalue weighted by Gasteiger charge is -2.20. The largest absolute Gasteiger partial charge is 0.497 e. The van der Waals surface area contributed by atoms with Crippen molar-refractivity contribution in [1.29, 1.82) is 0 Å². The number of benzene rings is 2. The Balaban J connectivity index is 1.64. The van der Waals surface area contributed by atoms with Crippen LogP contribution < -0.4 is 10.1 Å². The van der Waals surface area contributed by atoms with Crippen LogP contribution in [0.3, 0.4) is 0 Å². The molecule has 0 fully saturated rings. The van der Waals surface area contributed by atoms with Crippen molar-refractivity contribution in [3.05, 3.63) is 65.4 Å². The van der Waals surface area contributed by atoms with Gasteiger partial charge in [-0.15, -0.1) is 0 Å². The van der Waals surface area contributed by atoms with Crippen molar-refractivity contribution in [2.45, 2.75) is 32.4 Å². The minimum absolute atomic E-state index is 0.0703. The maximum absolute atomic E-state index is 12.8. The van der Waals surface area contributed by atoms with E-state index in [2.05, 4.69) is 10.3 Å². The Labute approximate surface area is 159 Å². The zero-order valence-corrected chi connectivity index (χ0v) is 16.0. The molecule has 5 nitrogen and oxygen atoms in total. The molecule has 0 aliphatic carbocycles. The number of carbonyl (C=O) groups is 1. The van der Waals surface area contributed by atoms with Gasteiger partial charge in [-0.05, 0) is 37.6 Å². The van der Waals surface area contributed by atoms with Crippen molar-refractivity contribution in [3.8, 4) is 5.75 Å². The van der Waals surface area contributed by atoms with Crippen molar-refractivity contribution >= 4 is 16.7 Å². The van der Waals surface area contributed by atoms with Crippen molar-refractivity contribution in [2.75, 3.05) is 13.7 Å². The van der Waals surface area contributed by atoms with Crippen LogP contribution >= 0.6 is 0 Å². The van der Waals surface area contributed by atoms with E-state index in [0.29, 0.717) is 18.5 Å². The Morgan fingerprint density at radius 1 is 1.22 bits per heavy atom. The van der Waals surface area contributed by atoms with Crippen LogP contribution in [0.25, 0.3) is 10.9 Å². The number of ether oxygens (including phenoxy) is 1. The lowest BCUT2D eigenvalue weighted by Crippen LogP contribution is -2.33. The number of nitrogens with one attached hydrogen (secondary N) is 2. The SMILES string of the molecule is COc1ccc2[nH]c(C)c(C(=O)CCNC(C)C(O)c3ccccc3)c2c1. The number of aryl methyl sites for hydroxylation is 1. The van der Waals surface area contributed by atoms with Gasteiger partial charge in [0, 0.05) is 41.2 Å². The number of H-pyrrole nitrogens is 1. The summed E-state index contributed by atoms with van der Waals surface area (Å²) in [6, 6.07) is 15.1. The third-order valence-electron chi connectivity index (χ3n) is 4.91. The highest BCUT2D eigenvalue weighted by molar-refractivity contribution is 6.09. The van der Waals surface area contributed by atoms with E-state index >= 15 is 0 Å². The van der Waals surface area contributed by atoms with E-state index in [-0.39, 0.29) is 11.8 Å². The number of aliphatic hydroxyl groups excluding tert-OH is 1. The highest BCUT2D eigenvalue weighted by atomic mass is 16.5. The van der Waals surface area contributed by atoms with E-state index in [0.717, 1.165) is 27.9 Å². The van der Waals surface area contributed by atoms with Gasteiger partial charge in [-0.1, -0.05) is 30.3 Å². The molecular weight excluding hydrogens is 340 g/mol. The van der Waals surface area contributed by atoms with Gasteiger partial charge in [0.15, 0.2) is 5.78 Å². The Bertz CT molecular complexity index is 918. The van der Waals surface area contributed by atoms with Crippen LogP contribution in [0.4, 0.5) is 0 Å². The molecule has 0 saturated heterocycles. The van der Waals surface area contributed by atoms with Gasteiger partial charge in [-0.3, -0.25) is 4.79 Å². The molecule has 2 unspecified atom stereocenters. The van der Waals surface area contributed by atoms with E-state index in [1.165, 1.54) is 0 Å². The van der Waals surface area contributed by atoms with Gasteiger partial charge in [-0.25, -0.2) is 0 Å². The van der Waals surface area contributed by atoms with Crippen molar-refractivity contribution in [3.63, 3.8) is 0 Å². The number of hydrogen-bond acceptors (Lipinski definition) is 4. The fourth-order valence-electron chi connectivity index (χ4n) is 3.38. The number of ketones is 1. The molecule has 3 N–H and O–H groups in total. The van der Waals surface area contributed by atoms with Crippen molar-refractivity contribution in [1.82, 2.24) is 10.3 Å². The maximum Gasteiger partial charge on any atom is 0.166 e. The van der Waals surface area contributed by atoms with Gasteiger partial charge in [0.05, 0.1) is 13.2 Å². The zero-order chi connectivity index (χ0) is 19.4. The summed E-state index contributed by atoms with van der Waals surface area (Å²) in [5.74, 6) is 0.800. The summed E-state index contributed by atoms with van der Waals surface area (Å²) >= 11 is 0. The topological polar surface area (TPSA) is 74.4 Å². The fourth-order valence-corrected chi connectivity index (χ4v) is 3.38. The molecule has 3 rings (SSSR count). The monoisotopic (exact) mass is 366 g/mol. The number of aliphatic hydroxyl groups is 1. The first kappa shape index (κ1) is 19.1. The van der Waals surface area contributed by atoms with Crippen LogP contribution in [0.5, 0.6) is 5.75 Å². The Hall–Kier alpha value is -2.63. The van der Waals surface area contributed by atoms with E-state index in [1.807, 2.05) is 62.4 Å². The van der Waals surface area contributed by atoms with Crippen LogP contribution in [0.1, 0.15) is 41.1 Å². The maximum atomic E-state index is 12.8. The van der Waals surface area contributed by atoms with Gasteiger partial charge in [-0.2, -0.15) is 0 Å². The molecule has 27 heavy (non-hydrogen) atoms. The Morgan fingerprint density at radius 3 is 2.67 bits per heavy atom. The second kappa shape index (κ2) is 8.37. The number of carbonyl (C=O) groups excluding carboxylic acids is 1. The second-order valence-corrected chi connectivity index (χ2v) is 6.81. The first-order valence-electron chi connectivity index (χ1n) is 9.17. The summed E-state index contributed by atoms with van der Waals surface area (Å²) in [7, 11) is 1.62. The van der Waals surface area contributed by atoms with Crippen LogP contribution in [0, 0.1) is 6.92 Å². The van der Waals surface area contributed by atoms with Gasteiger partial charge in [0.1, 0.15) is 5.75 Å². The molecule has 2 atom stereocenters. The van der Waals surface area contributed by atoms with Crippen molar-refractivity contribution in [2.24, 2.45) is 0 Å². The molecule has 142 valence electrons. The summed E-state index contributed by atoms with van der Waals surface area (Å²) in [4.78, 5) is 16.1. The molecule has 0 saturated carbocycles. The molecule has 5 heteroatoms. The predicted molar refractivity (Wildman–Crippen MR) is 107 cm³/mol. The highest BCUT2D eigenvalue weighted by Crippen LogP contribution is 2.27. The summed E-state index contributed by atoms with van der Waals surface area (Å²) in [6.45, 7) is 4.33. The number of rotatable bonds is 8. The summed E-state index contributed by atoms with van der Waals surface area (Å²) in [5, 5.41) is 14.6. The van der Waals surface area contributed by atoms with Gasteiger partial charge in [0.25, 0.3) is 0 Å². The molecule has 0 aliphatic heterocycles. The molecule has 0 bridgehead atoms. The van der Waals surface area contributed by atoms with Gasteiger partial charge in [0.2, 0.25) is 0 Å². The van der Waals surface area contributed by atoms with Gasteiger partial charge < -0.3 is 20.1 Å². The van der Waals surface area contributed by atoms with Gasteiger partial charge >= 0.3 is 0 Å². The smallest absolute Gasteiger partial charge is 0.166 e. The number of fused-ring (bicyclic) bond motifs is 1. The van der Waals surface area contributed by atoms with E-state index in [9.17, 15) is 9.90 Å². The average Bonchev–Trinajstić information content (AvgIpc) is 3.02. The zero-order valence-electron chi connectivity index (χ0n) is 16.0. The second-order valence-electron chi connectivity index (χ2n) is 6.81. The average molecular weight is 366 g/mol. The number of Topliss-reactive ketones (excluding diaryl/α,β-unsaturated/α-hetero) is 1. The van der Waals surface area contributed by atoms with E-state index in [1.54, 1.807) is 7.11 Å². The summed E-state index contributed by atoms with van der Waals surface area (Å²) < 4.78 is 5.28. The standard InChI is InChI=1S/C22H26N2O3/c1-14-21(18-13-17(27-3)9-10-19(18)24-14)20(25)11-12-23-15(2)22(26)16-7-5-4-6-8-16/h4-10,13,15,22-24,26H,11-12H2,1-3H3. The van der Waals surface area contributed by atoms with Crippen molar-refractivity contribution < 1.29 is 14.6 Å². The molecule has 3 aromatic rings. The molecule has 1 aromatic heterocycles.